The first-order chi connectivity index (χ1) is 10.6. The van der Waals surface area contributed by atoms with E-state index in [1.807, 2.05) is 6.07 Å². The highest BCUT2D eigenvalue weighted by Crippen LogP contribution is 2.36. The largest absolute Gasteiger partial charge is 0.474 e. The van der Waals surface area contributed by atoms with E-state index in [1.165, 1.54) is 6.07 Å². The third-order valence-electron chi connectivity index (χ3n) is 3.43. The summed E-state index contributed by atoms with van der Waals surface area (Å²) in [7, 11) is 0. The molecule has 0 saturated carbocycles. The molecule has 0 spiro atoms. The Hall–Kier alpha value is -3.15. The van der Waals surface area contributed by atoms with Gasteiger partial charge in [0, 0.05) is 0 Å². The number of aliphatic carboxylic acids is 1. The highest BCUT2D eigenvalue weighted by Gasteiger charge is 2.39. The number of nitrogens with one attached hydrogen (secondary N) is 1. The van der Waals surface area contributed by atoms with Gasteiger partial charge in [-0.05, 0) is 17.7 Å². The van der Waals surface area contributed by atoms with E-state index in [2.05, 4.69) is 5.32 Å². The molecule has 0 fully saturated rings. The molecule has 6 nitrogen and oxygen atoms in total. The van der Waals surface area contributed by atoms with Crippen molar-refractivity contribution in [3.8, 4) is 0 Å². The summed E-state index contributed by atoms with van der Waals surface area (Å²) in [5.74, 6) is -3.55. The summed E-state index contributed by atoms with van der Waals surface area (Å²) in [5, 5.41) is 12.0. The standard InChI is InChI=1S/C16H12N2O4/c19-14-13(10-6-2-1-3-7-10)17-11-8-4-5-9-12(11)18(14)15(20)16(21)22/h1-9,13,17H,(H,21,22). The van der Waals surface area contributed by atoms with Gasteiger partial charge >= 0.3 is 11.9 Å². The quantitative estimate of drug-likeness (QED) is 0.784. The summed E-state index contributed by atoms with van der Waals surface area (Å²) in [5.41, 5.74) is 1.43. The first-order valence-electron chi connectivity index (χ1n) is 6.61. The molecular weight excluding hydrogens is 284 g/mol. The molecule has 1 aliphatic rings. The molecule has 0 aromatic heterocycles. The monoisotopic (exact) mass is 296 g/mol. The molecule has 0 saturated heterocycles. The molecule has 0 aliphatic carbocycles. The minimum atomic E-state index is -1.67. The van der Waals surface area contributed by atoms with Crippen LogP contribution in [-0.2, 0) is 14.4 Å². The van der Waals surface area contributed by atoms with Crippen molar-refractivity contribution in [2.75, 3.05) is 10.2 Å². The number of fused-ring (bicyclic) bond motifs is 1. The van der Waals surface area contributed by atoms with Gasteiger partial charge in [-0.25, -0.2) is 9.69 Å². The third kappa shape index (κ3) is 2.20. The van der Waals surface area contributed by atoms with Crippen LogP contribution in [0.5, 0.6) is 0 Å². The third-order valence-corrected chi connectivity index (χ3v) is 3.43. The van der Waals surface area contributed by atoms with Gasteiger partial charge in [-0.3, -0.25) is 9.59 Å². The average Bonchev–Trinajstić information content (AvgIpc) is 2.54. The fourth-order valence-electron chi connectivity index (χ4n) is 2.43. The minimum Gasteiger partial charge on any atom is -0.474 e. The second-order valence-electron chi connectivity index (χ2n) is 4.79. The number of nitrogens with zero attached hydrogens (tertiary/aromatic N) is 1. The number of anilines is 2. The fourth-order valence-corrected chi connectivity index (χ4v) is 2.43. The summed E-state index contributed by atoms with van der Waals surface area (Å²) in [6.07, 6.45) is 0. The maximum Gasteiger partial charge on any atom is 0.395 e. The van der Waals surface area contributed by atoms with Gasteiger partial charge in [0.15, 0.2) is 0 Å². The topological polar surface area (TPSA) is 86.7 Å². The minimum absolute atomic E-state index is 0.243. The Labute approximate surface area is 126 Å². The van der Waals surface area contributed by atoms with E-state index in [9.17, 15) is 14.4 Å². The Balaban J connectivity index is 2.11. The zero-order valence-corrected chi connectivity index (χ0v) is 11.4. The molecule has 0 bridgehead atoms. The molecule has 6 heteroatoms. The molecule has 1 aliphatic heterocycles. The van der Waals surface area contributed by atoms with Gasteiger partial charge in [-0.1, -0.05) is 42.5 Å². The molecule has 1 unspecified atom stereocenters. The maximum atomic E-state index is 12.6. The first kappa shape index (κ1) is 13.8. The lowest BCUT2D eigenvalue weighted by Gasteiger charge is -2.33. The van der Waals surface area contributed by atoms with Crippen LogP contribution in [0.2, 0.25) is 0 Å². The zero-order valence-electron chi connectivity index (χ0n) is 11.4. The van der Waals surface area contributed by atoms with Gasteiger partial charge in [0.2, 0.25) is 0 Å². The molecule has 2 aromatic carbocycles. The lowest BCUT2D eigenvalue weighted by Crippen LogP contribution is -2.48. The Kier molecular flexibility index (Phi) is 3.34. The van der Waals surface area contributed by atoms with Crippen molar-refractivity contribution in [1.82, 2.24) is 0 Å². The molecule has 22 heavy (non-hydrogen) atoms. The molecule has 1 atom stereocenters. The number of para-hydroxylation sites is 2. The number of benzene rings is 2. The van der Waals surface area contributed by atoms with Crippen LogP contribution in [0.1, 0.15) is 11.6 Å². The van der Waals surface area contributed by atoms with Gasteiger partial charge < -0.3 is 10.4 Å². The van der Waals surface area contributed by atoms with Gasteiger partial charge in [0.1, 0.15) is 6.04 Å². The summed E-state index contributed by atoms with van der Waals surface area (Å²) in [6.45, 7) is 0. The van der Waals surface area contributed by atoms with Crippen LogP contribution >= 0.6 is 0 Å². The first-order valence-corrected chi connectivity index (χ1v) is 6.61. The number of hydrogen-bond donors (Lipinski definition) is 2. The number of carbonyl (C=O) groups excluding carboxylic acids is 2. The van der Waals surface area contributed by atoms with Crippen LogP contribution in [-0.4, -0.2) is 22.9 Å². The van der Waals surface area contributed by atoms with Crippen molar-refractivity contribution in [3.05, 3.63) is 60.2 Å². The van der Waals surface area contributed by atoms with Crippen molar-refractivity contribution in [2.45, 2.75) is 6.04 Å². The maximum absolute atomic E-state index is 12.6. The number of carbonyl (C=O) groups is 3. The second kappa shape index (κ2) is 5.33. The fraction of sp³-hybridized carbons (Fsp3) is 0.0625. The summed E-state index contributed by atoms with van der Waals surface area (Å²) in [4.78, 5) is 36.3. The highest BCUT2D eigenvalue weighted by atomic mass is 16.4. The van der Waals surface area contributed by atoms with Gasteiger partial charge in [0.05, 0.1) is 11.4 Å². The van der Waals surface area contributed by atoms with E-state index in [4.69, 9.17) is 5.11 Å². The molecule has 2 N–H and O–H groups in total. The number of imide groups is 1. The van der Waals surface area contributed by atoms with Crippen LogP contribution in [0, 0.1) is 0 Å². The predicted molar refractivity (Wildman–Crippen MR) is 79.4 cm³/mol. The number of amides is 2. The molecule has 1 heterocycles. The highest BCUT2D eigenvalue weighted by molar-refractivity contribution is 6.44. The SMILES string of the molecule is O=C(O)C(=O)N1C(=O)C(c2ccccc2)Nc2ccccc21. The zero-order chi connectivity index (χ0) is 15.7. The average molecular weight is 296 g/mol. The summed E-state index contributed by atoms with van der Waals surface area (Å²) in [6, 6.07) is 14.6. The Bertz CT molecular complexity index is 758. The molecule has 2 amide bonds. The number of carboxylic acids is 1. The molecular formula is C16H12N2O4. The van der Waals surface area contributed by atoms with Crippen LogP contribution in [0.3, 0.4) is 0 Å². The lowest BCUT2D eigenvalue weighted by atomic mass is 10.0. The molecule has 2 aromatic rings. The number of hydrogen-bond acceptors (Lipinski definition) is 4. The van der Waals surface area contributed by atoms with Crippen molar-refractivity contribution >= 4 is 29.2 Å². The molecule has 110 valence electrons. The van der Waals surface area contributed by atoms with Crippen molar-refractivity contribution in [1.29, 1.82) is 0 Å². The second-order valence-corrected chi connectivity index (χ2v) is 4.79. The lowest BCUT2D eigenvalue weighted by molar-refractivity contribution is -0.150. The predicted octanol–water partition coefficient (Wildman–Crippen LogP) is 1.80. The number of rotatable bonds is 1. The smallest absolute Gasteiger partial charge is 0.395 e. The Morgan fingerprint density at radius 1 is 1.00 bits per heavy atom. The summed E-state index contributed by atoms with van der Waals surface area (Å²) < 4.78 is 0. The van der Waals surface area contributed by atoms with E-state index in [0.29, 0.717) is 16.2 Å². The van der Waals surface area contributed by atoms with Gasteiger partial charge in [-0.2, -0.15) is 0 Å². The van der Waals surface area contributed by atoms with Crippen LogP contribution < -0.4 is 10.2 Å². The van der Waals surface area contributed by atoms with E-state index in [-0.39, 0.29) is 5.69 Å². The van der Waals surface area contributed by atoms with Crippen molar-refractivity contribution < 1.29 is 19.5 Å². The van der Waals surface area contributed by atoms with Gasteiger partial charge in [-0.15, -0.1) is 0 Å². The van der Waals surface area contributed by atoms with Crippen LogP contribution in [0.15, 0.2) is 54.6 Å². The van der Waals surface area contributed by atoms with Crippen LogP contribution in [0.4, 0.5) is 11.4 Å². The Morgan fingerprint density at radius 2 is 1.64 bits per heavy atom. The van der Waals surface area contributed by atoms with E-state index in [0.717, 1.165) is 0 Å². The molecule has 0 radical (unpaired) electrons. The normalized spacial score (nSPS) is 16.6. The van der Waals surface area contributed by atoms with Crippen molar-refractivity contribution in [2.24, 2.45) is 0 Å². The molecule has 3 rings (SSSR count). The summed E-state index contributed by atoms with van der Waals surface area (Å²) >= 11 is 0. The van der Waals surface area contributed by atoms with Gasteiger partial charge in [0.25, 0.3) is 5.91 Å². The van der Waals surface area contributed by atoms with Crippen molar-refractivity contribution in [3.63, 3.8) is 0 Å². The Morgan fingerprint density at radius 3 is 2.32 bits per heavy atom. The van der Waals surface area contributed by atoms with E-state index >= 15 is 0 Å². The van der Waals surface area contributed by atoms with E-state index < -0.39 is 23.8 Å². The van der Waals surface area contributed by atoms with Crippen LogP contribution in [0.25, 0.3) is 0 Å². The van der Waals surface area contributed by atoms with E-state index in [1.54, 1.807) is 42.5 Å². The number of carboxylic acid groups (broad SMARTS) is 1.